The van der Waals surface area contributed by atoms with Gasteiger partial charge in [0, 0.05) is 5.56 Å². The van der Waals surface area contributed by atoms with E-state index in [1.807, 2.05) is 0 Å². The van der Waals surface area contributed by atoms with Gasteiger partial charge in [0.25, 0.3) is 5.91 Å². The van der Waals surface area contributed by atoms with Crippen LogP contribution >= 0.6 is 0 Å². The highest BCUT2D eigenvalue weighted by Gasteiger charge is 2.51. The van der Waals surface area contributed by atoms with E-state index in [0.717, 1.165) is 6.07 Å². The summed E-state index contributed by atoms with van der Waals surface area (Å²) in [6.07, 6.45) is 0.706. The molecule has 0 atom stereocenters. The highest BCUT2D eigenvalue weighted by atomic mass is 32.2. The Kier molecular flexibility index (Phi) is 4.12. The number of methoxy groups -OCH3 is 1. The number of ether oxygens (including phenoxy) is 1. The maximum Gasteiger partial charge on any atom is 0.329 e. The predicted molar refractivity (Wildman–Crippen MR) is 76.3 cm³/mol. The molecule has 0 unspecified atom stereocenters. The first-order valence-corrected chi connectivity index (χ1v) is 7.91. The summed E-state index contributed by atoms with van der Waals surface area (Å²) in [6.45, 7) is 0. The van der Waals surface area contributed by atoms with Crippen LogP contribution in [0.15, 0.2) is 23.1 Å². The lowest BCUT2D eigenvalue weighted by Gasteiger charge is -2.14. The molecule has 0 aromatic heterocycles. The fourth-order valence-electron chi connectivity index (χ4n) is 1.94. The number of nitrogens with one attached hydrogen (secondary N) is 2. The van der Waals surface area contributed by atoms with Gasteiger partial charge in [-0.05, 0) is 38.1 Å². The Morgan fingerprint density at radius 2 is 1.95 bits per heavy atom. The second-order valence-electron chi connectivity index (χ2n) is 4.91. The molecular weight excluding hydrogens is 312 g/mol. The van der Waals surface area contributed by atoms with Crippen molar-refractivity contribution in [3.05, 3.63) is 23.8 Å². The first-order valence-electron chi connectivity index (χ1n) is 6.43. The average molecular weight is 328 g/mol. The number of carboxylic acids is 1. The van der Waals surface area contributed by atoms with Gasteiger partial charge >= 0.3 is 5.97 Å². The quantitative estimate of drug-likeness (QED) is 0.673. The van der Waals surface area contributed by atoms with Crippen LogP contribution in [-0.4, -0.2) is 45.1 Å². The molecule has 3 N–H and O–H groups in total. The van der Waals surface area contributed by atoms with Crippen molar-refractivity contribution in [3.8, 4) is 5.75 Å². The largest absolute Gasteiger partial charge is 0.495 e. The van der Waals surface area contributed by atoms with Gasteiger partial charge in [0.2, 0.25) is 10.0 Å². The van der Waals surface area contributed by atoms with Crippen LogP contribution in [0.25, 0.3) is 0 Å². The normalized spacial score (nSPS) is 15.9. The Morgan fingerprint density at radius 3 is 2.41 bits per heavy atom. The van der Waals surface area contributed by atoms with Crippen LogP contribution in [0, 0.1) is 0 Å². The molecule has 8 nitrogen and oxygen atoms in total. The zero-order valence-electron chi connectivity index (χ0n) is 12.0. The highest BCUT2D eigenvalue weighted by Crippen LogP contribution is 2.36. The molecule has 1 aliphatic carbocycles. The molecule has 0 heterocycles. The van der Waals surface area contributed by atoms with Gasteiger partial charge in [-0.1, -0.05) is 0 Å². The third-order valence-corrected chi connectivity index (χ3v) is 4.93. The number of carbonyl (C=O) groups excluding carboxylic acids is 1. The molecular formula is C13H16N2O6S. The van der Waals surface area contributed by atoms with Crippen LogP contribution in [0.5, 0.6) is 5.75 Å². The van der Waals surface area contributed by atoms with Gasteiger partial charge in [0.15, 0.2) is 0 Å². The minimum atomic E-state index is -3.81. The molecule has 22 heavy (non-hydrogen) atoms. The molecule has 0 aliphatic heterocycles. The van der Waals surface area contributed by atoms with Crippen LogP contribution < -0.4 is 14.8 Å². The van der Waals surface area contributed by atoms with E-state index >= 15 is 0 Å². The fraction of sp³-hybridized carbons (Fsp3) is 0.385. The van der Waals surface area contributed by atoms with Gasteiger partial charge in [-0.25, -0.2) is 17.9 Å². The van der Waals surface area contributed by atoms with Gasteiger partial charge in [-0.2, -0.15) is 0 Å². The van der Waals surface area contributed by atoms with Crippen molar-refractivity contribution in [2.24, 2.45) is 0 Å². The summed E-state index contributed by atoms with van der Waals surface area (Å²) < 4.78 is 31.0. The van der Waals surface area contributed by atoms with Gasteiger partial charge in [-0.3, -0.25) is 4.79 Å². The Hall–Kier alpha value is -2.13. The average Bonchev–Trinajstić information content (AvgIpc) is 3.27. The standard InChI is InChI=1S/C13H16N2O6S/c1-14-22(19,20)10-7-8(3-4-9(10)21-2)11(16)15-13(5-6-13)12(17)18/h3-4,7,14H,5-6H2,1-2H3,(H,15,16)(H,17,18). The second kappa shape index (κ2) is 5.58. The first-order chi connectivity index (χ1) is 10.3. The smallest absolute Gasteiger partial charge is 0.329 e. The van der Waals surface area contributed by atoms with Crippen molar-refractivity contribution in [1.29, 1.82) is 0 Å². The summed E-state index contributed by atoms with van der Waals surface area (Å²) in [5.74, 6) is -1.65. The third-order valence-electron chi connectivity index (χ3n) is 3.50. The van der Waals surface area contributed by atoms with Crippen molar-refractivity contribution >= 4 is 21.9 Å². The summed E-state index contributed by atoms with van der Waals surface area (Å²) in [7, 11) is -1.26. The van der Waals surface area contributed by atoms with E-state index in [2.05, 4.69) is 10.0 Å². The van der Waals surface area contributed by atoms with Crippen LogP contribution in [0.2, 0.25) is 0 Å². The number of rotatable bonds is 6. The highest BCUT2D eigenvalue weighted by molar-refractivity contribution is 7.89. The molecule has 0 radical (unpaired) electrons. The molecule has 1 fully saturated rings. The number of hydrogen-bond acceptors (Lipinski definition) is 5. The van der Waals surface area contributed by atoms with Crippen molar-refractivity contribution in [1.82, 2.24) is 10.0 Å². The lowest BCUT2D eigenvalue weighted by Crippen LogP contribution is -2.43. The maximum atomic E-state index is 12.1. The van der Waals surface area contributed by atoms with E-state index < -0.39 is 27.4 Å². The summed E-state index contributed by atoms with van der Waals surface area (Å²) in [5, 5.41) is 11.5. The summed E-state index contributed by atoms with van der Waals surface area (Å²) in [4.78, 5) is 23.0. The molecule has 2 rings (SSSR count). The monoisotopic (exact) mass is 328 g/mol. The zero-order chi connectivity index (χ0) is 16.5. The number of amides is 1. The van der Waals surface area contributed by atoms with E-state index in [1.165, 1.54) is 26.3 Å². The number of carbonyl (C=O) groups is 2. The van der Waals surface area contributed by atoms with E-state index in [-0.39, 0.29) is 16.2 Å². The number of sulfonamides is 1. The third kappa shape index (κ3) is 2.90. The molecule has 1 aliphatic rings. The van der Waals surface area contributed by atoms with Crippen LogP contribution in [0.4, 0.5) is 0 Å². The Labute approximate surface area is 127 Å². The molecule has 1 saturated carbocycles. The molecule has 0 saturated heterocycles. The number of benzene rings is 1. The number of aliphatic carboxylic acids is 1. The lowest BCUT2D eigenvalue weighted by atomic mass is 10.1. The maximum absolute atomic E-state index is 12.1. The Balaban J connectivity index is 2.35. The minimum absolute atomic E-state index is 0.0437. The van der Waals surface area contributed by atoms with Crippen molar-refractivity contribution in [2.45, 2.75) is 23.3 Å². The van der Waals surface area contributed by atoms with Gasteiger partial charge in [0.1, 0.15) is 16.2 Å². The van der Waals surface area contributed by atoms with E-state index in [4.69, 9.17) is 9.84 Å². The van der Waals surface area contributed by atoms with Crippen LogP contribution in [-0.2, 0) is 14.8 Å². The minimum Gasteiger partial charge on any atom is -0.495 e. The second-order valence-corrected chi connectivity index (χ2v) is 6.77. The number of carboxylic acid groups (broad SMARTS) is 1. The molecule has 1 aromatic carbocycles. The summed E-state index contributed by atoms with van der Waals surface area (Å²) in [6, 6.07) is 3.87. The Bertz CT molecular complexity index is 724. The topological polar surface area (TPSA) is 122 Å². The summed E-state index contributed by atoms with van der Waals surface area (Å²) in [5.41, 5.74) is -1.19. The molecule has 1 aromatic rings. The molecule has 0 bridgehead atoms. The van der Waals surface area contributed by atoms with Crippen molar-refractivity contribution in [2.75, 3.05) is 14.2 Å². The predicted octanol–water partition coefficient (Wildman–Crippen LogP) is -0.0497. The SMILES string of the molecule is CNS(=O)(=O)c1cc(C(=O)NC2(C(=O)O)CC2)ccc1OC. The molecule has 0 spiro atoms. The van der Waals surface area contributed by atoms with Gasteiger partial charge in [-0.15, -0.1) is 0 Å². The van der Waals surface area contributed by atoms with Gasteiger partial charge < -0.3 is 15.2 Å². The van der Waals surface area contributed by atoms with E-state index in [0.29, 0.717) is 12.8 Å². The summed E-state index contributed by atoms with van der Waals surface area (Å²) >= 11 is 0. The van der Waals surface area contributed by atoms with E-state index in [1.54, 1.807) is 0 Å². The molecule has 9 heteroatoms. The fourth-order valence-corrected chi connectivity index (χ4v) is 2.86. The van der Waals surface area contributed by atoms with Crippen molar-refractivity contribution < 1.29 is 27.9 Å². The molecule has 120 valence electrons. The van der Waals surface area contributed by atoms with Gasteiger partial charge in [0.05, 0.1) is 7.11 Å². The number of hydrogen-bond donors (Lipinski definition) is 3. The first kappa shape index (κ1) is 16.2. The lowest BCUT2D eigenvalue weighted by molar-refractivity contribution is -0.140. The van der Waals surface area contributed by atoms with E-state index in [9.17, 15) is 18.0 Å². The molecule has 1 amide bonds. The van der Waals surface area contributed by atoms with Crippen molar-refractivity contribution in [3.63, 3.8) is 0 Å². The zero-order valence-corrected chi connectivity index (χ0v) is 12.9. The van der Waals surface area contributed by atoms with Crippen LogP contribution in [0.1, 0.15) is 23.2 Å². The van der Waals surface area contributed by atoms with Crippen LogP contribution in [0.3, 0.4) is 0 Å². The Morgan fingerprint density at radius 1 is 1.32 bits per heavy atom.